The summed E-state index contributed by atoms with van der Waals surface area (Å²) >= 11 is 0. The first-order valence-corrected chi connectivity index (χ1v) is 8.06. The Morgan fingerprint density at radius 1 is 1.05 bits per heavy atom. The van der Waals surface area contributed by atoms with Crippen molar-refractivity contribution in [1.82, 2.24) is 5.32 Å². The Hall–Kier alpha value is -1.02. The Morgan fingerprint density at radius 2 is 1.75 bits per heavy atom. The standard InChI is InChI=1S/C18H31NO/c1-6-12-19-18(15(5)14(3)4)16-10-8-9-11-17(16)20-13-7-2/h8-11,14-15,18-19H,6-7,12-13H2,1-5H3. The molecule has 0 aliphatic rings. The first kappa shape index (κ1) is 17.0. The maximum atomic E-state index is 5.94. The third kappa shape index (κ3) is 4.82. The molecule has 1 aromatic rings. The fourth-order valence-electron chi connectivity index (χ4n) is 2.34. The molecule has 0 aliphatic heterocycles. The molecule has 0 saturated carbocycles. The van der Waals surface area contributed by atoms with E-state index in [-0.39, 0.29) is 0 Å². The number of nitrogens with one attached hydrogen (secondary N) is 1. The molecule has 1 N–H and O–H groups in total. The lowest BCUT2D eigenvalue weighted by atomic mass is 9.85. The maximum absolute atomic E-state index is 5.94. The van der Waals surface area contributed by atoms with Gasteiger partial charge in [-0.15, -0.1) is 0 Å². The lowest BCUT2D eigenvalue weighted by molar-refractivity contribution is 0.278. The van der Waals surface area contributed by atoms with Crippen molar-refractivity contribution in [1.29, 1.82) is 0 Å². The van der Waals surface area contributed by atoms with Crippen molar-refractivity contribution in [3.8, 4) is 5.75 Å². The van der Waals surface area contributed by atoms with E-state index in [4.69, 9.17) is 4.74 Å². The van der Waals surface area contributed by atoms with E-state index >= 15 is 0 Å². The van der Waals surface area contributed by atoms with Crippen LogP contribution in [0.15, 0.2) is 24.3 Å². The van der Waals surface area contributed by atoms with E-state index in [2.05, 4.69) is 64.2 Å². The van der Waals surface area contributed by atoms with Crippen LogP contribution < -0.4 is 10.1 Å². The van der Waals surface area contributed by atoms with Gasteiger partial charge in [-0.05, 0) is 37.3 Å². The fourth-order valence-corrected chi connectivity index (χ4v) is 2.34. The molecule has 0 saturated heterocycles. The van der Waals surface area contributed by atoms with Crippen molar-refractivity contribution in [3.63, 3.8) is 0 Å². The Kier molecular flexibility index (Phi) is 7.68. The average molecular weight is 277 g/mol. The second-order valence-electron chi connectivity index (χ2n) is 5.92. The van der Waals surface area contributed by atoms with Crippen LogP contribution in [0.3, 0.4) is 0 Å². The fraction of sp³-hybridized carbons (Fsp3) is 0.667. The highest BCUT2D eigenvalue weighted by Crippen LogP contribution is 2.33. The Bertz CT molecular complexity index is 375. The first-order valence-electron chi connectivity index (χ1n) is 8.06. The number of para-hydroxylation sites is 1. The molecule has 20 heavy (non-hydrogen) atoms. The molecule has 2 heteroatoms. The third-order valence-corrected chi connectivity index (χ3v) is 3.91. The van der Waals surface area contributed by atoms with Gasteiger partial charge in [-0.25, -0.2) is 0 Å². The van der Waals surface area contributed by atoms with Gasteiger partial charge in [0.1, 0.15) is 5.75 Å². The molecule has 0 heterocycles. The maximum Gasteiger partial charge on any atom is 0.124 e. The van der Waals surface area contributed by atoms with Gasteiger partial charge in [-0.1, -0.05) is 52.8 Å². The summed E-state index contributed by atoms with van der Waals surface area (Å²) in [5, 5.41) is 3.70. The Morgan fingerprint density at radius 3 is 2.35 bits per heavy atom. The molecule has 0 radical (unpaired) electrons. The number of hydrogen-bond donors (Lipinski definition) is 1. The number of hydrogen-bond acceptors (Lipinski definition) is 2. The van der Waals surface area contributed by atoms with Crippen molar-refractivity contribution >= 4 is 0 Å². The quantitative estimate of drug-likeness (QED) is 0.699. The van der Waals surface area contributed by atoms with Crippen molar-refractivity contribution < 1.29 is 4.74 Å². The van der Waals surface area contributed by atoms with Crippen LogP contribution in [-0.4, -0.2) is 13.2 Å². The lowest BCUT2D eigenvalue weighted by Crippen LogP contribution is -2.30. The molecule has 2 unspecified atom stereocenters. The highest BCUT2D eigenvalue weighted by Gasteiger charge is 2.24. The summed E-state index contributed by atoms with van der Waals surface area (Å²) in [6.07, 6.45) is 2.19. The molecule has 2 atom stereocenters. The number of rotatable bonds is 9. The van der Waals surface area contributed by atoms with Gasteiger partial charge in [-0.3, -0.25) is 0 Å². The minimum atomic E-state index is 0.364. The predicted molar refractivity (Wildman–Crippen MR) is 87.3 cm³/mol. The van der Waals surface area contributed by atoms with E-state index in [1.54, 1.807) is 0 Å². The topological polar surface area (TPSA) is 21.3 Å². The van der Waals surface area contributed by atoms with E-state index in [9.17, 15) is 0 Å². The van der Waals surface area contributed by atoms with E-state index in [0.29, 0.717) is 17.9 Å². The van der Waals surface area contributed by atoms with Crippen LogP contribution in [0.2, 0.25) is 0 Å². The molecular formula is C18H31NO. The van der Waals surface area contributed by atoms with Crippen molar-refractivity contribution in [2.75, 3.05) is 13.2 Å². The van der Waals surface area contributed by atoms with Crippen molar-refractivity contribution in [2.24, 2.45) is 11.8 Å². The molecule has 0 bridgehead atoms. The van der Waals surface area contributed by atoms with Gasteiger partial charge in [0, 0.05) is 11.6 Å². The van der Waals surface area contributed by atoms with Gasteiger partial charge >= 0.3 is 0 Å². The summed E-state index contributed by atoms with van der Waals surface area (Å²) in [7, 11) is 0. The van der Waals surface area contributed by atoms with Gasteiger partial charge in [0.05, 0.1) is 6.61 Å². The second-order valence-corrected chi connectivity index (χ2v) is 5.92. The predicted octanol–water partition coefficient (Wildman–Crippen LogP) is 4.81. The van der Waals surface area contributed by atoms with Crippen LogP contribution in [0.5, 0.6) is 5.75 Å². The number of benzene rings is 1. The summed E-state index contributed by atoms with van der Waals surface area (Å²) in [4.78, 5) is 0. The monoisotopic (exact) mass is 277 g/mol. The SMILES string of the molecule is CCCNC(c1ccccc1OCCC)C(C)C(C)C. The lowest BCUT2D eigenvalue weighted by Gasteiger charge is -2.30. The van der Waals surface area contributed by atoms with Gasteiger partial charge in [0.2, 0.25) is 0 Å². The normalized spacial score (nSPS) is 14.3. The molecule has 0 aliphatic carbocycles. The van der Waals surface area contributed by atoms with Crippen molar-refractivity contribution in [3.05, 3.63) is 29.8 Å². The van der Waals surface area contributed by atoms with E-state index in [1.807, 2.05) is 0 Å². The minimum Gasteiger partial charge on any atom is -0.493 e. The highest BCUT2D eigenvalue weighted by atomic mass is 16.5. The number of ether oxygens (including phenoxy) is 1. The van der Waals surface area contributed by atoms with E-state index in [0.717, 1.165) is 31.7 Å². The molecule has 114 valence electrons. The zero-order valence-corrected chi connectivity index (χ0v) is 13.8. The highest BCUT2D eigenvalue weighted by molar-refractivity contribution is 5.36. The molecule has 0 spiro atoms. The van der Waals surface area contributed by atoms with Gasteiger partial charge < -0.3 is 10.1 Å². The third-order valence-electron chi connectivity index (χ3n) is 3.91. The smallest absolute Gasteiger partial charge is 0.124 e. The molecule has 0 amide bonds. The molecule has 2 nitrogen and oxygen atoms in total. The Balaban J connectivity index is 2.99. The zero-order valence-electron chi connectivity index (χ0n) is 13.8. The minimum absolute atomic E-state index is 0.364. The summed E-state index contributed by atoms with van der Waals surface area (Å²) in [5.41, 5.74) is 1.30. The summed E-state index contributed by atoms with van der Waals surface area (Å²) in [6, 6.07) is 8.84. The molecular weight excluding hydrogens is 246 g/mol. The second kappa shape index (κ2) is 9.02. The molecule has 0 aromatic heterocycles. The van der Waals surface area contributed by atoms with Crippen LogP contribution in [0.1, 0.15) is 59.1 Å². The van der Waals surface area contributed by atoms with Crippen LogP contribution in [0.4, 0.5) is 0 Å². The van der Waals surface area contributed by atoms with Crippen molar-refractivity contribution in [2.45, 2.75) is 53.5 Å². The van der Waals surface area contributed by atoms with Gasteiger partial charge in [-0.2, -0.15) is 0 Å². The summed E-state index contributed by atoms with van der Waals surface area (Å²) < 4.78 is 5.94. The summed E-state index contributed by atoms with van der Waals surface area (Å²) in [5.74, 6) is 2.26. The molecule has 1 aromatic carbocycles. The summed E-state index contributed by atoms with van der Waals surface area (Å²) in [6.45, 7) is 13.1. The Labute approximate surface area is 124 Å². The van der Waals surface area contributed by atoms with Crippen LogP contribution in [0, 0.1) is 11.8 Å². The molecule has 1 rings (SSSR count). The molecule has 0 fully saturated rings. The van der Waals surface area contributed by atoms with Crippen LogP contribution >= 0.6 is 0 Å². The van der Waals surface area contributed by atoms with Gasteiger partial charge in [0.25, 0.3) is 0 Å². The largest absolute Gasteiger partial charge is 0.493 e. The van der Waals surface area contributed by atoms with E-state index < -0.39 is 0 Å². The average Bonchev–Trinajstić information content (AvgIpc) is 2.46. The first-order chi connectivity index (χ1) is 9.61. The van der Waals surface area contributed by atoms with E-state index in [1.165, 1.54) is 5.56 Å². The van der Waals surface area contributed by atoms with Crippen LogP contribution in [0.25, 0.3) is 0 Å². The van der Waals surface area contributed by atoms with Crippen LogP contribution in [-0.2, 0) is 0 Å². The van der Waals surface area contributed by atoms with Gasteiger partial charge in [0.15, 0.2) is 0 Å². The zero-order chi connectivity index (χ0) is 15.0.